The Morgan fingerprint density at radius 2 is 2.00 bits per heavy atom. The van der Waals surface area contributed by atoms with Gasteiger partial charge in [0, 0.05) is 31.7 Å². The first-order chi connectivity index (χ1) is 9.56. The minimum atomic E-state index is -0.233. The molecule has 0 fully saturated rings. The highest BCUT2D eigenvalue weighted by atomic mass is 127. The summed E-state index contributed by atoms with van der Waals surface area (Å²) in [5, 5.41) is 3.13. The van der Waals surface area contributed by atoms with E-state index in [9.17, 15) is 4.79 Å². The summed E-state index contributed by atoms with van der Waals surface area (Å²) in [5.74, 6) is 0.514. The smallest absolute Gasteiger partial charge is 0.307 e. The summed E-state index contributed by atoms with van der Waals surface area (Å²) in [6.07, 6.45) is 0.321. The summed E-state index contributed by atoms with van der Waals surface area (Å²) >= 11 is 3.42. The zero-order valence-electron chi connectivity index (χ0n) is 12.4. The molecule has 1 aromatic carbocycles. The molecule has 5 nitrogen and oxygen atoms in total. The topological polar surface area (TPSA) is 53.9 Å². The molecule has 0 aliphatic rings. The second kappa shape index (κ2) is 10.8. The molecular weight excluding hydrogens is 449 g/mol. The highest BCUT2D eigenvalue weighted by Crippen LogP contribution is 2.11. The largest absolute Gasteiger partial charge is 0.469 e. The minimum Gasteiger partial charge on any atom is -0.469 e. The van der Waals surface area contributed by atoms with Crippen LogP contribution in [-0.2, 0) is 16.1 Å². The number of hydrogen-bond donors (Lipinski definition) is 1. The van der Waals surface area contributed by atoms with Crippen molar-refractivity contribution in [3.05, 3.63) is 34.3 Å². The van der Waals surface area contributed by atoms with Gasteiger partial charge >= 0.3 is 5.97 Å². The van der Waals surface area contributed by atoms with E-state index >= 15 is 0 Å². The molecule has 0 aliphatic carbocycles. The van der Waals surface area contributed by atoms with Gasteiger partial charge in [0.1, 0.15) is 0 Å². The lowest BCUT2D eigenvalue weighted by molar-refractivity contribution is -0.140. The van der Waals surface area contributed by atoms with Crippen molar-refractivity contribution in [3.63, 3.8) is 0 Å². The van der Waals surface area contributed by atoms with Crippen molar-refractivity contribution in [2.24, 2.45) is 4.99 Å². The fourth-order valence-electron chi connectivity index (χ4n) is 1.70. The van der Waals surface area contributed by atoms with Crippen LogP contribution in [0.3, 0.4) is 0 Å². The lowest BCUT2D eigenvalue weighted by Gasteiger charge is -2.22. The van der Waals surface area contributed by atoms with E-state index in [1.807, 2.05) is 24.1 Å². The van der Waals surface area contributed by atoms with Crippen molar-refractivity contribution in [2.45, 2.75) is 13.0 Å². The summed E-state index contributed by atoms with van der Waals surface area (Å²) in [6.45, 7) is 1.25. The summed E-state index contributed by atoms with van der Waals surface area (Å²) in [6, 6.07) is 8.14. The molecule has 0 amide bonds. The lowest BCUT2D eigenvalue weighted by atomic mass is 10.2. The van der Waals surface area contributed by atoms with Gasteiger partial charge in [-0.05, 0) is 17.7 Å². The first-order valence-electron chi connectivity index (χ1n) is 6.30. The molecule has 0 atom stereocenters. The summed E-state index contributed by atoms with van der Waals surface area (Å²) in [7, 11) is 5.06. The van der Waals surface area contributed by atoms with Gasteiger partial charge < -0.3 is 15.0 Å². The van der Waals surface area contributed by atoms with Crippen molar-refractivity contribution in [1.29, 1.82) is 0 Å². The molecule has 0 bridgehead atoms. The number of aliphatic imine (C=N–C) groups is 1. The Hall–Kier alpha value is -0.830. The van der Waals surface area contributed by atoms with Gasteiger partial charge in [-0.25, -0.2) is 0 Å². The van der Waals surface area contributed by atoms with Crippen molar-refractivity contribution < 1.29 is 9.53 Å². The normalized spacial score (nSPS) is 10.6. The number of halogens is 2. The van der Waals surface area contributed by atoms with Crippen LogP contribution < -0.4 is 5.32 Å². The average molecular weight is 470 g/mol. The van der Waals surface area contributed by atoms with Crippen LogP contribution in [0.5, 0.6) is 0 Å². The molecule has 0 unspecified atom stereocenters. The Labute approximate surface area is 151 Å². The molecule has 1 rings (SSSR count). The van der Waals surface area contributed by atoms with Crippen LogP contribution in [0.15, 0.2) is 33.7 Å². The summed E-state index contributed by atoms with van der Waals surface area (Å²) < 4.78 is 5.66. The molecule has 0 aromatic heterocycles. The maximum atomic E-state index is 11.1. The fourth-order valence-corrected chi connectivity index (χ4v) is 1.97. The van der Waals surface area contributed by atoms with E-state index in [1.165, 1.54) is 12.7 Å². The Morgan fingerprint density at radius 3 is 2.52 bits per heavy atom. The second-order valence-corrected chi connectivity index (χ2v) is 5.20. The molecule has 21 heavy (non-hydrogen) atoms. The van der Waals surface area contributed by atoms with Crippen LogP contribution in [0.1, 0.15) is 12.0 Å². The predicted molar refractivity (Wildman–Crippen MR) is 99.0 cm³/mol. The van der Waals surface area contributed by atoms with E-state index in [0.717, 1.165) is 17.0 Å². The van der Waals surface area contributed by atoms with Crippen molar-refractivity contribution in [1.82, 2.24) is 10.2 Å². The molecule has 0 saturated heterocycles. The van der Waals surface area contributed by atoms with Crippen LogP contribution >= 0.6 is 39.9 Å². The Balaban J connectivity index is 0.00000400. The van der Waals surface area contributed by atoms with Gasteiger partial charge in [0.15, 0.2) is 5.96 Å². The number of guanidine groups is 1. The van der Waals surface area contributed by atoms with Crippen LogP contribution in [0.2, 0.25) is 0 Å². The predicted octanol–water partition coefficient (Wildman–Crippen LogP) is 2.64. The number of rotatable bonds is 5. The van der Waals surface area contributed by atoms with Crippen LogP contribution in [0, 0.1) is 0 Å². The number of ether oxygens (including phenoxy) is 1. The average Bonchev–Trinajstić information content (AvgIpc) is 2.45. The summed E-state index contributed by atoms with van der Waals surface area (Å²) in [5.41, 5.74) is 1.19. The second-order valence-electron chi connectivity index (χ2n) is 4.28. The fraction of sp³-hybridized carbons (Fsp3) is 0.429. The van der Waals surface area contributed by atoms with Gasteiger partial charge in [0.25, 0.3) is 0 Å². The monoisotopic (exact) mass is 469 g/mol. The molecule has 1 aromatic rings. The van der Waals surface area contributed by atoms with Crippen LogP contribution in [0.25, 0.3) is 0 Å². The minimum absolute atomic E-state index is 0. The van der Waals surface area contributed by atoms with Crippen molar-refractivity contribution in [2.75, 3.05) is 27.7 Å². The highest BCUT2D eigenvalue weighted by molar-refractivity contribution is 14.0. The number of esters is 1. The SMILES string of the molecule is CN=C(NCCC(=O)OC)N(C)Cc1ccc(Br)cc1.I. The Morgan fingerprint density at radius 1 is 1.38 bits per heavy atom. The zero-order valence-corrected chi connectivity index (χ0v) is 16.3. The van der Waals surface area contributed by atoms with Crippen LogP contribution in [0.4, 0.5) is 0 Å². The molecule has 0 spiro atoms. The first kappa shape index (κ1) is 20.2. The molecule has 0 aliphatic heterocycles. The quantitative estimate of drug-likeness (QED) is 0.312. The number of hydrogen-bond acceptors (Lipinski definition) is 3. The van der Waals surface area contributed by atoms with Crippen molar-refractivity contribution in [3.8, 4) is 0 Å². The van der Waals surface area contributed by atoms with E-state index in [2.05, 4.69) is 43.1 Å². The van der Waals surface area contributed by atoms with Gasteiger partial charge in [-0.15, -0.1) is 24.0 Å². The number of methoxy groups -OCH3 is 1. The number of nitrogens with one attached hydrogen (secondary N) is 1. The van der Waals surface area contributed by atoms with E-state index in [0.29, 0.717) is 13.0 Å². The van der Waals surface area contributed by atoms with Gasteiger partial charge in [-0.2, -0.15) is 0 Å². The maximum Gasteiger partial charge on any atom is 0.307 e. The first-order valence-corrected chi connectivity index (χ1v) is 7.09. The third kappa shape index (κ3) is 7.66. The molecule has 1 N–H and O–H groups in total. The number of carbonyl (C=O) groups excluding carboxylic acids is 1. The molecule has 0 saturated carbocycles. The van der Waals surface area contributed by atoms with E-state index in [4.69, 9.17) is 0 Å². The number of carbonyl (C=O) groups is 1. The van der Waals surface area contributed by atoms with E-state index in [1.54, 1.807) is 7.05 Å². The maximum absolute atomic E-state index is 11.1. The van der Waals surface area contributed by atoms with Crippen LogP contribution in [-0.4, -0.2) is 44.6 Å². The van der Waals surface area contributed by atoms with E-state index in [-0.39, 0.29) is 29.9 Å². The molecule has 7 heteroatoms. The standard InChI is InChI=1S/C14H20BrN3O2.HI/c1-16-14(17-9-8-13(19)20-3)18(2)10-11-4-6-12(15)7-5-11;/h4-7H,8-10H2,1-3H3,(H,16,17);1H. The van der Waals surface area contributed by atoms with Gasteiger partial charge in [0.05, 0.1) is 13.5 Å². The third-order valence-electron chi connectivity index (χ3n) is 2.75. The Bertz CT molecular complexity index is 466. The van der Waals surface area contributed by atoms with Crippen molar-refractivity contribution >= 4 is 51.8 Å². The van der Waals surface area contributed by atoms with Gasteiger partial charge in [-0.1, -0.05) is 28.1 Å². The summed E-state index contributed by atoms with van der Waals surface area (Å²) in [4.78, 5) is 17.2. The number of nitrogens with zero attached hydrogens (tertiary/aromatic N) is 2. The third-order valence-corrected chi connectivity index (χ3v) is 3.27. The van der Waals surface area contributed by atoms with E-state index < -0.39 is 0 Å². The molecule has 118 valence electrons. The highest BCUT2D eigenvalue weighted by Gasteiger charge is 2.07. The van der Waals surface area contributed by atoms with Gasteiger partial charge in [-0.3, -0.25) is 9.79 Å². The lowest BCUT2D eigenvalue weighted by Crippen LogP contribution is -2.39. The van der Waals surface area contributed by atoms with Gasteiger partial charge in [0.2, 0.25) is 0 Å². The molecule has 0 radical (unpaired) electrons. The number of benzene rings is 1. The Kier molecular flexibility index (Phi) is 10.4. The molecular formula is C14H21BrIN3O2. The zero-order chi connectivity index (χ0) is 15.0. The molecule has 0 heterocycles.